The fraction of sp³-hybridized carbons (Fsp3) is 0.0769. The topological polar surface area (TPSA) is 67.5 Å². The van der Waals surface area contributed by atoms with Crippen molar-refractivity contribution in [2.75, 3.05) is 0 Å². The summed E-state index contributed by atoms with van der Waals surface area (Å²) in [5.74, 6) is -1.75. The number of hydrogen-bond acceptors (Lipinski definition) is 3. The van der Waals surface area contributed by atoms with Gasteiger partial charge in [-0.1, -0.05) is 28.1 Å². The smallest absolute Gasteiger partial charge is 0.371 e. The van der Waals surface area contributed by atoms with Crippen LogP contribution in [0.2, 0.25) is 0 Å². The van der Waals surface area contributed by atoms with Crippen LogP contribution in [-0.4, -0.2) is 16.9 Å². The number of rotatable bonds is 3. The quantitative estimate of drug-likeness (QED) is 0.884. The zero-order valence-corrected chi connectivity index (χ0v) is 11.0. The average molecular weight is 309 g/mol. The first-order valence-electron chi connectivity index (χ1n) is 5.13. The second-order valence-corrected chi connectivity index (χ2v) is 4.56. The Kier molecular flexibility index (Phi) is 3.34. The van der Waals surface area contributed by atoms with Gasteiger partial charge in [0.2, 0.25) is 11.5 Å². The van der Waals surface area contributed by atoms with Crippen LogP contribution in [0.3, 0.4) is 0 Å². The Hall–Kier alpha value is -1.88. The highest BCUT2D eigenvalue weighted by Crippen LogP contribution is 2.22. The number of furan rings is 1. The molecule has 0 saturated heterocycles. The second-order valence-electron chi connectivity index (χ2n) is 3.71. The summed E-state index contributed by atoms with van der Waals surface area (Å²) in [6, 6.07) is 7.88. The first-order valence-corrected chi connectivity index (χ1v) is 5.93. The third-order valence-electron chi connectivity index (χ3n) is 2.55. The highest BCUT2D eigenvalue weighted by molar-refractivity contribution is 9.10. The zero-order chi connectivity index (χ0) is 13.3. The molecule has 2 rings (SSSR count). The van der Waals surface area contributed by atoms with E-state index in [2.05, 4.69) is 15.9 Å². The lowest BCUT2D eigenvalue weighted by atomic mass is 10.0. The number of carboxylic acid groups (broad SMARTS) is 1. The molecule has 1 heterocycles. The first kappa shape index (κ1) is 12.6. The van der Waals surface area contributed by atoms with Crippen molar-refractivity contribution in [3.8, 4) is 0 Å². The number of aromatic carboxylic acids is 1. The van der Waals surface area contributed by atoms with Gasteiger partial charge in [0.25, 0.3) is 0 Å². The van der Waals surface area contributed by atoms with Crippen LogP contribution in [0.1, 0.15) is 32.2 Å². The van der Waals surface area contributed by atoms with Crippen molar-refractivity contribution in [1.82, 2.24) is 0 Å². The van der Waals surface area contributed by atoms with E-state index >= 15 is 0 Å². The summed E-state index contributed by atoms with van der Waals surface area (Å²) in [4.78, 5) is 22.8. The molecular formula is C13H9BrO4. The van der Waals surface area contributed by atoms with E-state index in [9.17, 15) is 9.59 Å². The molecule has 18 heavy (non-hydrogen) atoms. The molecule has 0 saturated carbocycles. The molecule has 1 aromatic carbocycles. The van der Waals surface area contributed by atoms with E-state index in [1.807, 2.05) is 6.07 Å². The van der Waals surface area contributed by atoms with E-state index in [1.165, 1.54) is 12.1 Å². The largest absolute Gasteiger partial charge is 0.475 e. The van der Waals surface area contributed by atoms with Crippen molar-refractivity contribution in [3.05, 3.63) is 57.5 Å². The van der Waals surface area contributed by atoms with Crippen molar-refractivity contribution in [1.29, 1.82) is 0 Å². The molecule has 92 valence electrons. The normalized spacial score (nSPS) is 10.3. The fourth-order valence-corrected chi connectivity index (χ4v) is 1.93. The fourth-order valence-electron chi connectivity index (χ4n) is 1.56. The molecule has 0 spiro atoms. The lowest BCUT2D eigenvalue weighted by Gasteiger charge is -2.04. The van der Waals surface area contributed by atoms with Crippen LogP contribution in [-0.2, 0) is 0 Å². The maximum Gasteiger partial charge on any atom is 0.371 e. The molecule has 0 amide bonds. The van der Waals surface area contributed by atoms with Crippen LogP contribution in [0.15, 0.2) is 39.2 Å². The summed E-state index contributed by atoms with van der Waals surface area (Å²) in [6.45, 7) is 1.80. The number of carbonyl (C=O) groups excluding carboxylic acids is 1. The van der Waals surface area contributed by atoms with E-state index in [0.29, 0.717) is 5.56 Å². The van der Waals surface area contributed by atoms with Gasteiger partial charge in [0, 0.05) is 10.0 Å². The molecular weight excluding hydrogens is 300 g/mol. The number of carbonyl (C=O) groups is 2. The minimum Gasteiger partial charge on any atom is -0.475 e. The Morgan fingerprint density at radius 3 is 2.44 bits per heavy atom. The number of benzene rings is 1. The standard InChI is InChI=1S/C13H9BrO4/c1-7-8(3-2-4-9(7)14)12(15)10-5-6-11(18-10)13(16)17/h2-6H,1H3,(H,16,17). The summed E-state index contributed by atoms with van der Waals surface area (Å²) in [7, 11) is 0. The maximum absolute atomic E-state index is 12.1. The molecule has 0 unspecified atom stereocenters. The van der Waals surface area contributed by atoms with Crippen molar-refractivity contribution < 1.29 is 19.1 Å². The van der Waals surface area contributed by atoms with Crippen LogP contribution in [0.4, 0.5) is 0 Å². The summed E-state index contributed by atoms with van der Waals surface area (Å²) in [5.41, 5.74) is 1.27. The summed E-state index contributed by atoms with van der Waals surface area (Å²) in [5, 5.41) is 8.74. The zero-order valence-electron chi connectivity index (χ0n) is 9.44. The predicted octanol–water partition coefficient (Wildman–Crippen LogP) is 3.28. The molecule has 0 aliphatic carbocycles. The third kappa shape index (κ3) is 2.22. The van der Waals surface area contributed by atoms with Crippen LogP contribution in [0.25, 0.3) is 0 Å². The Balaban J connectivity index is 2.41. The number of halogens is 1. The van der Waals surface area contributed by atoms with E-state index in [0.717, 1.165) is 10.0 Å². The van der Waals surface area contributed by atoms with Crippen LogP contribution < -0.4 is 0 Å². The van der Waals surface area contributed by atoms with Gasteiger partial charge >= 0.3 is 5.97 Å². The highest BCUT2D eigenvalue weighted by atomic mass is 79.9. The number of hydrogen-bond donors (Lipinski definition) is 1. The van der Waals surface area contributed by atoms with Gasteiger partial charge in [-0.05, 0) is 30.7 Å². The van der Waals surface area contributed by atoms with Crippen molar-refractivity contribution in [2.24, 2.45) is 0 Å². The second kappa shape index (κ2) is 4.78. The first-order chi connectivity index (χ1) is 8.50. The molecule has 0 radical (unpaired) electrons. The molecule has 0 bridgehead atoms. The van der Waals surface area contributed by atoms with E-state index in [-0.39, 0.29) is 17.3 Å². The number of ketones is 1. The maximum atomic E-state index is 12.1. The van der Waals surface area contributed by atoms with E-state index in [1.54, 1.807) is 19.1 Å². The molecule has 0 aliphatic rings. The molecule has 4 nitrogen and oxygen atoms in total. The van der Waals surface area contributed by atoms with Crippen molar-refractivity contribution in [2.45, 2.75) is 6.92 Å². The third-order valence-corrected chi connectivity index (χ3v) is 3.41. The predicted molar refractivity (Wildman–Crippen MR) is 68.0 cm³/mol. The molecule has 0 fully saturated rings. The van der Waals surface area contributed by atoms with E-state index in [4.69, 9.17) is 9.52 Å². The Labute approximate surface area is 111 Å². The minimum atomic E-state index is -1.19. The number of carboxylic acids is 1. The van der Waals surface area contributed by atoms with Crippen molar-refractivity contribution in [3.63, 3.8) is 0 Å². The molecule has 0 atom stereocenters. The van der Waals surface area contributed by atoms with Crippen LogP contribution >= 0.6 is 15.9 Å². The Morgan fingerprint density at radius 1 is 1.17 bits per heavy atom. The molecule has 0 aliphatic heterocycles. The average Bonchev–Trinajstić information content (AvgIpc) is 2.81. The van der Waals surface area contributed by atoms with E-state index < -0.39 is 5.97 Å². The van der Waals surface area contributed by atoms with Crippen molar-refractivity contribution >= 4 is 27.7 Å². The summed E-state index contributed by atoms with van der Waals surface area (Å²) >= 11 is 3.34. The summed E-state index contributed by atoms with van der Waals surface area (Å²) in [6.07, 6.45) is 0. The van der Waals surface area contributed by atoms with Gasteiger partial charge in [0.15, 0.2) is 5.76 Å². The minimum absolute atomic E-state index is 0.0219. The molecule has 5 heteroatoms. The Bertz CT molecular complexity index is 628. The molecule has 1 aromatic heterocycles. The van der Waals surface area contributed by atoms with Gasteiger partial charge in [0.05, 0.1) is 0 Å². The SMILES string of the molecule is Cc1c(Br)cccc1C(=O)c1ccc(C(=O)O)o1. The Morgan fingerprint density at radius 2 is 1.83 bits per heavy atom. The van der Waals surface area contributed by atoms with Gasteiger partial charge in [0.1, 0.15) is 0 Å². The van der Waals surface area contributed by atoms with Gasteiger partial charge in [-0.3, -0.25) is 4.79 Å². The lowest BCUT2D eigenvalue weighted by molar-refractivity contribution is 0.0660. The van der Waals surface area contributed by atoms with Gasteiger partial charge < -0.3 is 9.52 Å². The van der Waals surface area contributed by atoms with Gasteiger partial charge in [-0.25, -0.2) is 4.79 Å². The summed E-state index contributed by atoms with van der Waals surface area (Å²) < 4.78 is 5.81. The highest BCUT2D eigenvalue weighted by Gasteiger charge is 2.18. The monoisotopic (exact) mass is 308 g/mol. The van der Waals surface area contributed by atoms with Crippen LogP contribution in [0.5, 0.6) is 0 Å². The molecule has 1 N–H and O–H groups in total. The lowest BCUT2D eigenvalue weighted by Crippen LogP contribution is -2.03. The van der Waals surface area contributed by atoms with Crippen LogP contribution in [0, 0.1) is 6.92 Å². The van der Waals surface area contributed by atoms with Gasteiger partial charge in [-0.15, -0.1) is 0 Å². The van der Waals surface area contributed by atoms with Gasteiger partial charge in [-0.2, -0.15) is 0 Å². The molecule has 2 aromatic rings.